The van der Waals surface area contributed by atoms with Crippen molar-refractivity contribution in [2.45, 2.75) is 45.6 Å². The summed E-state index contributed by atoms with van der Waals surface area (Å²) in [5, 5.41) is 12.5. The zero-order valence-corrected chi connectivity index (χ0v) is 12.5. The number of benzene rings is 1. The minimum atomic E-state index is -0.477. The van der Waals surface area contributed by atoms with Gasteiger partial charge < -0.3 is 5.11 Å². The van der Waals surface area contributed by atoms with Gasteiger partial charge in [0.2, 0.25) is 0 Å². The lowest BCUT2D eigenvalue weighted by Crippen LogP contribution is -2.00. The maximum Gasteiger partial charge on any atom is 0.113 e. The van der Waals surface area contributed by atoms with Gasteiger partial charge in [0.1, 0.15) is 6.10 Å². The molecule has 2 aromatic rings. The molecule has 1 nitrogen and oxygen atoms in total. The fourth-order valence-corrected chi connectivity index (χ4v) is 3.29. The molecular weight excluding hydrogens is 252 g/mol. The van der Waals surface area contributed by atoms with E-state index in [4.69, 9.17) is 0 Å². The number of aryl methyl sites for hydroxylation is 2. The summed E-state index contributed by atoms with van der Waals surface area (Å²) in [6.07, 6.45) is 4.08. The maximum absolute atomic E-state index is 10.5. The third kappa shape index (κ3) is 3.46. The standard InChI is InChI=1S/C17H22OS/c1-3-5-6-13-7-9-15(10-8-13)16(18)17-14(4-2)11-12-19-17/h7-12,16,18H,3-6H2,1-2H3. The number of thiophene rings is 1. The fraction of sp³-hybridized carbons (Fsp3) is 0.412. The van der Waals surface area contributed by atoms with E-state index in [1.165, 1.54) is 24.0 Å². The van der Waals surface area contributed by atoms with Crippen molar-refractivity contribution >= 4 is 11.3 Å². The minimum Gasteiger partial charge on any atom is -0.383 e. The van der Waals surface area contributed by atoms with Crippen molar-refractivity contribution in [1.29, 1.82) is 0 Å². The molecule has 2 heteroatoms. The van der Waals surface area contributed by atoms with Gasteiger partial charge in [-0.2, -0.15) is 0 Å². The van der Waals surface area contributed by atoms with Crippen LogP contribution in [-0.2, 0) is 12.8 Å². The second kappa shape index (κ2) is 6.88. The quantitative estimate of drug-likeness (QED) is 0.807. The molecule has 0 aliphatic rings. The summed E-state index contributed by atoms with van der Waals surface area (Å²) in [7, 11) is 0. The van der Waals surface area contributed by atoms with Crippen LogP contribution in [0.15, 0.2) is 35.7 Å². The maximum atomic E-state index is 10.5. The fourth-order valence-electron chi connectivity index (χ4n) is 2.28. The predicted octanol–water partition coefficient (Wildman–Crippen LogP) is 4.73. The van der Waals surface area contributed by atoms with E-state index in [0.717, 1.165) is 23.3 Å². The van der Waals surface area contributed by atoms with Crippen LogP contribution >= 0.6 is 11.3 Å². The smallest absolute Gasteiger partial charge is 0.113 e. The lowest BCUT2D eigenvalue weighted by Gasteiger charge is -2.12. The van der Waals surface area contributed by atoms with Crippen molar-refractivity contribution in [3.05, 3.63) is 57.3 Å². The SMILES string of the molecule is CCCCc1ccc(C(O)c2sccc2CC)cc1. The molecule has 102 valence electrons. The number of hydrogen-bond acceptors (Lipinski definition) is 2. The lowest BCUT2D eigenvalue weighted by atomic mass is 10.0. The zero-order valence-electron chi connectivity index (χ0n) is 11.7. The van der Waals surface area contributed by atoms with Gasteiger partial charge in [-0.3, -0.25) is 0 Å². The Labute approximate surface area is 119 Å². The second-order valence-corrected chi connectivity index (χ2v) is 5.86. The van der Waals surface area contributed by atoms with Crippen molar-refractivity contribution in [2.75, 3.05) is 0 Å². The van der Waals surface area contributed by atoms with Crippen molar-refractivity contribution < 1.29 is 5.11 Å². The van der Waals surface area contributed by atoms with Crippen molar-refractivity contribution in [1.82, 2.24) is 0 Å². The number of unbranched alkanes of at least 4 members (excludes halogenated alkanes) is 1. The summed E-state index contributed by atoms with van der Waals surface area (Å²) in [5.74, 6) is 0. The molecule has 0 spiro atoms. The third-order valence-electron chi connectivity index (χ3n) is 3.52. The van der Waals surface area contributed by atoms with E-state index in [0.29, 0.717) is 0 Å². The Kier molecular flexibility index (Phi) is 5.17. The molecule has 0 radical (unpaired) electrons. The van der Waals surface area contributed by atoms with Gasteiger partial charge in [-0.15, -0.1) is 11.3 Å². The van der Waals surface area contributed by atoms with Gasteiger partial charge in [-0.05, 0) is 47.4 Å². The van der Waals surface area contributed by atoms with Gasteiger partial charge in [0.25, 0.3) is 0 Å². The molecule has 0 saturated carbocycles. The van der Waals surface area contributed by atoms with Crippen LogP contribution in [0.2, 0.25) is 0 Å². The molecule has 1 aromatic carbocycles. The monoisotopic (exact) mass is 274 g/mol. The summed E-state index contributed by atoms with van der Waals surface area (Å²) in [5.41, 5.74) is 3.62. The van der Waals surface area contributed by atoms with Crippen LogP contribution in [0.1, 0.15) is 54.4 Å². The molecule has 0 fully saturated rings. The summed E-state index contributed by atoms with van der Waals surface area (Å²) < 4.78 is 0. The lowest BCUT2D eigenvalue weighted by molar-refractivity contribution is 0.223. The van der Waals surface area contributed by atoms with E-state index in [-0.39, 0.29) is 0 Å². The second-order valence-electron chi connectivity index (χ2n) is 4.91. The number of rotatable bonds is 6. The normalized spacial score (nSPS) is 12.6. The summed E-state index contributed by atoms with van der Waals surface area (Å²) in [6, 6.07) is 10.5. The molecule has 1 N–H and O–H groups in total. The Morgan fingerprint density at radius 1 is 1.11 bits per heavy atom. The van der Waals surface area contributed by atoms with Gasteiger partial charge in [0.15, 0.2) is 0 Å². The summed E-state index contributed by atoms with van der Waals surface area (Å²) in [4.78, 5) is 1.09. The third-order valence-corrected chi connectivity index (χ3v) is 4.54. The molecule has 0 saturated heterocycles. The number of hydrogen-bond donors (Lipinski definition) is 1. The summed E-state index contributed by atoms with van der Waals surface area (Å²) >= 11 is 1.65. The van der Waals surface area contributed by atoms with Crippen molar-refractivity contribution in [2.24, 2.45) is 0 Å². The average molecular weight is 274 g/mol. The van der Waals surface area contributed by atoms with Crippen LogP contribution in [0.25, 0.3) is 0 Å². The highest BCUT2D eigenvalue weighted by molar-refractivity contribution is 7.10. The molecule has 19 heavy (non-hydrogen) atoms. The van der Waals surface area contributed by atoms with Gasteiger partial charge in [-0.1, -0.05) is 44.5 Å². The molecule has 2 rings (SSSR count). The van der Waals surface area contributed by atoms with Crippen LogP contribution in [0, 0.1) is 0 Å². The Morgan fingerprint density at radius 2 is 1.84 bits per heavy atom. The van der Waals surface area contributed by atoms with E-state index in [9.17, 15) is 5.11 Å². The van der Waals surface area contributed by atoms with Crippen LogP contribution in [0.4, 0.5) is 0 Å². The van der Waals surface area contributed by atoms with E-state index < -0.39 is 6.10 Å². The molecular formula is C17H22OS. The van der Waals surface area contributed by atoms with Crippen molar-refractivity contribution in [3.63, 3.8) is 0 Å². The first kappa shape index (κ1) is 14.3. The molecule has 1 atom stereocenters. The molecule has 0 amide bonds. The zero-order chi connectivity index (χ0) is 13.7. The van der Waals surface area contributed by atoms with Crippen LogP contribution < -0.4 is 0 Å². The van der Waals surface area contributed by atoms with E-state index in [1.54, 1.807) is 11.3 Å². The molecule has 1 unspecified atom stereocenters. The minimum absolute atomic E-state index is 0.477. The Hall–Kier alpha value is -1.12. The first-order valence-corrected chi connectivity index (χ1v) is 7.97. The van der Waals surface area contributed by atoms with E-state index >= 15 is 0 Å². The van der Waals surface area contributed by atoms with Crippen LogP contribution in [0.5, 0.6) is 0 Å². The number of aliphatic hydroxyl groups excluding tert-OH is 1. The summed E-state index contributed by atoms with van der Waals surface area (Å²) in [6.45, 7) is 4.34. The molecule has 0 aliphatic heterocycles. The average Bonchev–Trinajstić information content (AvgIpc) is 2.93. The van der Waals surface area contributed by atoms with Crippen LogP contribution in [-0.4, -0.2) is 5.11 Å². The van der Waals surface area contributed by atoms with Gasteiger partial charge in [0.05, 0.1) is 0 Å². The Balaban J connectivity index is 2.13. The first-order chi connectivity index (χ1) is 9.26. The van der Waals surface area contributed by atoms with Crippen LogP contribution in [0.3, 0.4) is 0 Å². The van der Waals surface area contributed by atoms with E-state index in [2.05, 4.69) is 49.6 Å². The highest BCUT2D eigenvalue weighted by Crippen LogP contribution is 2.30. The van der Waals surface area contributed by atoms with Gasteiger partial charge in [0, 0.05) is 4.88 Å². The van der Waals surface area contributed by atoms with Crippen molar-refractivity contribution in [3.8, 4) is 0 Å². The molecule has 0 aliphatic carbocycles. The predicted molar refractivity (Wildman–Crippen MR) is 82.8 cm³/mol. The first-order valence-electron chi connectivity index (χ1n) is 7.09. The van der Waals surface area contributed by atoms with Gasteiger partial charge in [-0.25, -0.2) is 0 Å². The highest BCUT2D eigenvalue weighted by Gasteiger charge is 2.15. The highest BCUT2D eigenvalue weighted by atomic mass is 32.1. The molecule has 0 bridgehead atoms. The Bertz CT molecular complexity index is 498. The van der Waals surface area contributed by atoms with E-state index in [1.807, 2.05) is 0 Å². The Morgan fingerprint density at radius 3 is 2.47 bits per heavy atom. The topological polar surface area (TPSA) is 20.2 Å². The largest absolute Gasteiger partial charge is 0.383 e. The molecule has 1 aromatic heterocycles. The van der Waals surface area contributed by atoms with Gasteiger partial charge >= 0.3 is 0 Å². The number of aliphatic hydroxyl groups is 1. The molecule has 1 heterocycles.